The molecule has 0 bridgehead atoms. The maximum absolute atomic E-state index is 12.2. The zero-order valence-corrected chi connectivity index (χ0v) is 17.4. The zero-order chi connectivity index (χ0) is 19.5. The fourth-order valence-electron chi connectivity index (χ4n) is 7.39. The molecule has 0 aliphatic heterocycles. The average Bonchev–Trinajstić information content (AvgIpc) is 3.06. The summed E-state index contributed by atoms with van der Waals surface area (Å²) in [5.41, 5.74) is 3.27. The van der Waals surface area contributed by atoms with Crippen LogP contribution in [0.25, 0.3) is 5.57 Å². The van der Waals surface area contributed by atoms with Crippen molar-refractivity contribution in [2.45, 2.75) is 65.7 Å². The van der Waals surface area contributed by atoms with Crippen molar-refractivity contribution < 1.29 is 4.79 Å². The summed E-state index contributed by atoms with van der Waals surface area (Å²) in [6.45, 7) is 7.28. The highest BCUT2D eigenvalue weighted by molar-refractivity contribution is 5.82. The second-order valence-corrected chi connectivity index (χ2v) is 10.1. The van der Waals surface area contributed by atoms with E-state index in [0.717, 1.165) is 25.1 Å². The average molecular weight is 377 g/mol. The predicted octanol–water partition coefficient (Wildman–Crippen LogP) is 5.64. The van der Waals surface area contributed by atoms with E-state index in [-0.39, 0.29) is 10.8 Å². The van der Waals surface area contributed by atoms with Crippen LogP contribution in [-0.2, 0) is 4.79 Å². The number of aromatic nitrogens is 2. The van der Waals surface area contributed by atoms with Gasteiger partial charge in [-0.1, -0.05) is 38.5 Å². The van der Waals surface area contributed by atoms with Gasteiger partial charge < -0.3 is 0 Å². The summed E-state index contributed by atoms with van der Waals surface area (Å²) < 4.78 is 0. The fourth-order valence-corrected chi connectivity index (χ4v) is 7.39. The van der Waals surface area contributed by atoms with E-state index in [0.29, 0.717) is 35.9 Å². The molecule has 3 nitrogen and oxygen atoms in total. The SMILES string of the molecule is CCC1C=C2CC(=O)CC[C@]2(C)[C@@H]2CC[C@]3(C)C(c4ncccn4)=CC[C@H]3[C@H]12. The summed E-state index contributed by atoms with van der Waals surface area (Å²) in [7, 11) is 0. The van der Waals surface area contributed by atoms with Gasteiger partial charge in [-0.25, -0.2) is 9.97 Å². The molecule has 0 N–H and O–H groups in total. The van der Waals surface area contributed by atoms with Gasteiger partial charge >= 0.3 is 0 Å². The number of nitrogens with zero attached hydrogens (tertiary/aromatic N) is 2. The molecule has 4 aliphatic carbocycles. The maximum atomic E-state index is 12.2. The number of hydrogen-bond donors (Lipinski definition) is 0. The first-order chi connectivity index (χ1) is 13.5. The first-order valence-corrected chi connectivity index (χ1v) is 11.2. The van der Waals surface area contributed by atoms with E-state index < -0.39 is 0 Å². The third-order valence-electron chi connectivity index (χ3n) is 8.96. The molecule has 3 heteroatoms. The Morgan fingerprint density at radius 1 is 1.11 bits per heavy atom. The lowest BCUT2D eigenvalue weighted by Crippen LogP contribution is -2.52. The number of allylic oxidation sites excluding steroid dienone is 4. The van der Waals surface area contributed by atoms with Crippen molar-refractivity contribution in [3.05, 3.63) is 42.0 Å². The van der Waals surface area contributed by atoms with Crippen molar-refractivity contribution in [2.24, 2.45) is 34.5 Å². The van der Waals surface area contributed by atoms with Crippen LogP contribution in [0.5, 0.6) is 0 Å². The minimum absolute atomic E-state index is 0.183. The van der Waals surface area contributed by atoms with Crippen LogP contribution in [0.1, 0.15) is 71.5 Å². The molecule has 0 amide bonds. The van der Waals surface area contributed by atoms with Gasteiger partial charge in [-0.15, -0.1) is 0 Å². The molecule has 5 rings (SSSR count). The van der Waals surface area contributed by atoms with Crippen molar-refractivity contribution in [1.29, 1.82) is 0 Å². The van der Waals surface area contributed by atoms with Crippen molar-refractivity contribution in [1.82, 2.24) is 9.97 Å². The van der Waals surface area contributed by atoms with Crippen LogP contribution in [0.3, 0.4) is 0 Å². The Balaban J connectivity index is 1.54. The Kier molecular flexibility index (Phi) is 4.16. The van der Waals surface area contributed by atoms with Gasteiger partial charge in [0, 0.05) is 25.2 Å². The molecule has 6 atom stereocenters. The monoisotopic (exact) mass is 376 g/mol. The number of fused-ring (bicyclic) bond motifs is 5. The van der Waals surface area contributed by atoms with Gasteiger partial charge in [0.25, 0.3) is 0 Å². The Morgan fingerprint density at radius 2 is 1.89 bits per heavy atom. The van der Waals surface area contributed by atoms with E-state index in [1.54, 1.807) is 0 Å². The Labute approximate surface area is 168 Å². The van der Waals surface area contributed by atoms with Crippen LogP contribution < -0.4 is 0 Å². The molecular formula is C25H32N2O. The van der Waals surface area contributed by atoms with Crippen LogP contribution in [0.4, 0.5) is 0 Å². The largest absolute Gasteiger partial charge is 0.299 e. The lowest BCUT2D eigenvalue weighted by atomic mass is 9.45. The summed E-state index contributed by atoms with van der Waals surface area (Å²) in [6.07, 6.45) is 16.1. The first kappa shape index (κ1) is 18.3. The topological polar surface area (TPSA) is 42.9 Å². The molecule has 0 spiro atoms. The molecule has 1 unspecified atom stereocenters. The molecule has 148 valence electrons. The van der Waals surface area contributed by atoms with E-state index in [1.165, 1.54) is 30.4 Å². The van der Waals surface area contributed by atoms with Crippen LogP contribution in [0.15, 0.2) is 36.2 Å². The number of carbonyl (C=O) groups is 1. The molecule has 0 saturated heterocycles. The Morgan fingerprint density at radius 3 is 2.64 bits per heavy atom. The lowest BCUT2D eigenvalue weighted by molar-refractivity contribution is -0.122. The summed E-state index contributed by atoms with van der Waals surface area (Å²) in [5.74, 6) is 4.08. The highest BCUT2D eigenvalue weighted by atomic mass is 16.1. The van der Waals surface area contributed by atoms with Gasteiger partial charge in [0.15, 0.2) is 5.82 Å². The summed E-state index contributed by atoms with van der Waals surface area (Å²) in [6, 6.07) is 1.90. The molecular weight excluding hydrogens is 344 g/mol. The third-order valence-corrected chi connectivity index (χ3v) is 8.96. The molecule has 28 heavy (non-hydrogen) atoms. The number of rotatable bonds is 2. The predicted molar refractivity (Wildman–Crippen MR) is 111 cm³/mol. The number of hydrogen-bond acceptors (Lipinski definition) is 3. The van der Waals surface area contributed by atoms with E-state index in [1.807, 2.05) is 18.5 Å². The zero-order valence-electron chi connectivity index (χ0n) is 17.4. The van der Waals surface area contributed by atoms with Crippen LogP contribution in [-0.4, -0.2) is 15.8 Å². The number of carbonyl (C=O) groups excluding carboxylic acids is 1. The van der Waals surface area contributed by atoms with Gasteiger partial charge in [-0.05, 0) is 78.2 Å². The lowest BCUT2D eigenvalue weighted by Gasteiger charge is -2.59. The van der Waals surface area contributed by atoms with Gasteiger partial charge in [0.05, 0.1) is 0 Å². The molecule has 1 aromatic rings. The first-order valence-electron chi connectivity index (χ1n) is 11.2. The van der Waals surface area contributed by atoms with E-state index in [9.17, 15) is 4.79 Å². The summed E-state index contributed by atoms with van der Waals surface area (Å²) >= 11 is 0. The smallest absolute Gasteiger partial charge is 0.155 e. The quantitative estimate of drug-likeness (QED) is 0.628. The molecule has 0 radical (unpaired) electrons. The molecule has 2 saturated carbocycles. The molecule has 2 fully saturated rings. The fraction of sp³-hybridized carbons (Fsp3) is 0.640. The van der Waals surface area contributed by atoms with E-state index in [2.05, 4.69) is 42.9 Å². The molecule has 0 aromatic carbocycles. The normalized spacial score (nSPS) is 42.2. The highest BCUT2D eigenvalue weighted by Crippen LogP contribution is 2.67. The molecule has 1 aromatic heterocycles. The summed E-state index contributed by atoms with van der Waals surface area (Å²) in [5, 5.41) is 0. The van der Waals surface area contributed by atoms with Gasteiger partial charge in [-0.3, -0.25) is 4.79 Å². The molecule has 1 heterocycles. The van der Waals surface area contributed by atoms with Crippen LogP contribution in [0, 0.1) is 34.5 Å². The van der Waals surface area contributed by atoms with E-state index in [4.69, 9.17) is 0 Å². The minimum atomic E-state index is 0.183. The minimum Gasteiger partial charge on any atom is -0.299 e. The van der Waals surface area contributed by atoms with Crippen molar-refractivity contribution in [2.75, 3.05) is 0 Å². The van der Waals surface area contributed by atoms with Crippen LogP contribution in [0.2, 0.25) is 0 Å². The third kappa shape index (κ3) is 2.44. The summed E-state index contributed by atoms with van der Waals surface area (Å²) in [4.78, 5) is 21.4. The number of ketones is 1. The van der Waals surface area contributed by atoms with E-state index >= 15 is 0 Å². The van der Waals surface area contributed by atoms with Gasteiger partial charge in [-0.2, -0.15) is 0 Å². The van der Waals surface area contributed by atoms with Gasteiger partial charge in [0.2, 0.25) is 0 Å². The van der Waals surface area contributed by atoms with Crippen molar-refractivity contribution in [3.8, 4) is 0 Å². The maximum Gasteiger partial charge on any atom is 0.155 e. The Bertz CT molecular complexity index is 857. The molecule has 4 aliphatic rings. The second kappa shape index (κ2) is 6.37. The van der Waals surface area contributed by atoms with Gasteiger partial charge in [0.1, 0.15) is 5.78 Å². The second-order valence-electron chi connectivity index (χ2n) is 10.1. The van der Waals surface area contributed by atoms with Crippen molar-refractivity contribution in [3.63, 3.8) is 0 Å². The highest BCUT2D eigenvalue weighted by Gasteiger charge is 2.59. The Hall–Kier alpha value is -1.77. The number of Topliss-reactive ketones (excluding diaryl/α,β-unsaturated/α-hetero) is 1. The van der Waals surface area contributed by atoms with Crippen molar-refractivity contribution >= 4 is 11.4 Å². The van der Waals surface area contributed by atoms with Crippen LogP contribution >= 0.6 is 0 Å². The standard InChI is InChI=1S/C25H32N2O/c1-4-16-14-17-15-18(28)8-10-24(17,2)20-9-11-25(3)19(22(16)20)6-7-21(25)23-26-12-5-13-27-23/h5,7,12-14,16,19-20,22H,4,6,8-11,15H2,1-3H3/t16?,19-,20+,22-,24-,25-/m0/s1.